The molecule has 2 N–H and O–H groups in total. The van der Waals surface area contributed by atoms with Crippen LogP contribution >= 0.6 is 11.8 Å². The van der Waals surface area contributed by atoms with E-state index in [0.29, 0.717) is 5.82 Å². The molecule has 162 valence electrons. The normalized spacial score (nSPS) is 15.0. The molecule has 0 amide bonds. The van der Waals surface area contributed by atoms with Gasteiger partial charge in [-0.15, -0.1) is 11.8 Å². The molecule has 32 heavy (non-hydrogen) atoms. The van der Waals surface area contributed by atoms with E-state index in [-0.39, 0.29) is 16.7 Å². The van der Waals surface area contributed by atoms with Gasteiger partial charge in [0, 0.05) is 35.4 Å². The van der Waals surface area contributed by atoms with Crippen LogP contribution in [0, 0.1) is 11.3 Å². The fourth-order valence-corrected chi connectivity index (χ4v) is 3.82. The largest absolute Gasteiger partial charge is 0.433 e. The van der Waals surface area contributed by atoms with Crippen molar-refractivity contribution in [1.82, 2.24) is 9.97 Å². The molecule has 1 fully saturated rings. The second kappa shape index (κ2) is 8.28. The fraction of sp³-hybridized carbons (Fsp3) is 0.217. The number of benzene rings is 1. The Bertz CT molecular complexity index is 1230. The summed E-state index contributed by atoms with van der Waals surface area (Å²) in [5.41, 5.74) is 7.47. The van der Waals surface area contributed by atoms with Gasteiger partial charge in [0.15, 0.2) is 5.82 Å². The van der Waals surface area contributed by atoms with Crippen molar-refractivity contribution in [3.05, 3.63) is 65.6 Å². The molecule has 3 aromatic rings. The van der Waals surface area contributed by atoms with Crippen LogP contribution in [0.4, 0.5) is 24.7 Å². The Morgan fingerprint density at radius 2 is 1.84 bits per heavy atom. The molecule has 1 aliphatic carbocycles. The highest BCUT2D eigenvalue weighted by atomic mass is 32.2. The van der Waals surface area contributed by atoms with Gasteiger partial charge >= 0.3 is 6.18 Å². The van der Waals surface area contributed by atoms with Crippen molar-refractivity contribution in [1.29, 1.82) is 5.26 Å². The number of anilines is 1. The number of hydrogen-bond acceptors (Lipinski definition) is 6. The Hall–Kier alpha value is -3.38. The number of aliphatic imine (C=N–C) groups is 1. The lowest BCUT2D eigenvalue weighted by molar-refractivity contribution is -0.141. The van der Waals surface area contributed by atoms with Crippen molar-refractivity contribution in [3.8, 4) is 17.2 Å². The number of aromatic nitrogens is 2. The second-order valence-corrected chi connectivity index (χ2v) is 8.32. The first kappa shape index (κ1) is 21.8. The minimum atomic E-state index is -4.56. The molecule has 0 spiro atoms. The third-order valence-corrected chi connectivity index (χ3v) is 6.11. The van der Waals surface area contributed by atoms with Crippen molar-refractivity contribution < 1.29 is 13.2 Å². The third kappa shape index (κ3) is 4.32. The number of alkyl halides is 3. The number of thioether (sulfide) groups is 1. The minimum absolute atomic E-state index is 0.0655. The molecule has 1 saturated carbocycles. The van der Waals surface area contributed by atoms with Crippen LogP contribution in [0.5, 0.6) is 0 Å². The SMILES string of the molecule is CSc1cc(-c2ccc(C3(C#N)CC3)cc2)cnc1/N=C/c1cnc(C(F)(F)F)cc1N. The lowest BCUT2D eigenvalue weighted by Gasteiger charge is -2.10. The van der Waals surface area contributed by atoms with E-state index in [1.807, 2.05) is 36.6 Å². The van der Waals surface area contributed by atoms with Crippen LogP contribution < -0.4 is 5.73 Å². The van der Waals surface area contributed by atoms with Gasteiger partial charge in [-0.25, -0.2) is 9.98 Å². The van der Waals surface area contributed by atoms with Crippen LogP contribution in [0.3, 0.4) is 0 Å². The summed E-state index contributed by atoms with van der Waals surface area (Å²) in [5.74, 6) is 0.429. The zero-order valence-corrected chi connectivity index (χ0v) is 17.8. The predicted molar refractivity (Wildman–Crippen MR) is 119 cm³/mol. The average Bonchev–Trinajstić information content (AvgIpc) is 3.59. The van der Waals surface area contributed by atoms with E-state index in [1.54, 1.807) is 6.20 Å². The maximum atomic E-state index is 12.7. The molecule has 1 aliphatic rings. The summed E-state index contributed by atoms with van der Waals surface area (Å²) < 4.78 is 38.2. The van der Waals surface area contributed by atoms with E-state index in [2.05, 4.69) is 21.0 Å². The van der Waals surface area contributed by atoms with Gasteiger partial charge in [-0.1, -0.05) is 24.3 Å². The van der Waals surface area contributed by atoms with E-state index in [9.17, 15) is 18.4 Å². The van der Waals surface area contributed by atoms with Crippen molar-refractivity contribution in [2.24, 2.45) is 4.99 Å². The summed E-state index contributed by atoms with van der Waals surface area (Å²) in [6, 6.07) is 13.1. The number of halogens is 3. The summed E-state index contributed by atoms with van der Waals surface area (Å²) >= 11 is 1.46. The average molecular weight is 453 g/mol. The number of rotatable bonds is 5. The van der Waals surface area contributed by atoms with Crippen LogP contribution in [-0.2, 0) is 11.6 Å². The standard InChI is InChI=1S/C23H18F3N5S/c1-32-19-8-15(14-2-4-17(5-3-14)22(13-27)6-7-22)10-30-21(19)31-12-16-11-29-20(9-18(16)28)23(24,25)26/h2-5,8-12H,6-7H2,1H3,(H2,28,29)/b31-12+. The summed E-state index contributed by atoms with van der Waals surface area (Å²) in [7, 11) is 0. The van der Waals surface area contributed by atoms with Crippen LogP contribution in [0.2, 0.25) is 0 Å². The van der Waals surface area contributed by atoms with Gasteiger partial charge in [-0.3, -0.25) is 4.98 Å². The van der Waals surface area contributed by atoms with Crippen molar-refractivity contribution in [3.63, 3.8) is 0 Å². The predicted octanol–water partition coefficient (Wildman–Crippen LogP) is 5.77. The first-order chi connectivity index (χ1) is 15.3. The molecular weight excluding hydrogens is 435 g/mol. The highest BCUT2D eigenvalue weighted by Crippen LogP contribution is 2.47. The summed E-state index contributed by atoms with van der Waals surface area (Å²) in [4.78, 5) is 12.9. The summed E-state index contributed by atoms with van der Waals surface area (Å²) in [5, 5.41) is 9.36. The Kier molecular flexibility index (Phi) is 5.65. The Morgan fingerprint density at radius 3 is 2.41 bits per heavy atom. The molecule has 9 heteroatoms. The number of nitrogens with zero attached hydrogens (tertiary/aromatic N) is 4. The molecule has 0 unspecified atom stereocenters. The molecule has 0 aliphatic heterocycles. The van der Waals surface area contributed by atoms with Gasteiger partial charge in [0.25, 0.3) is 0 Å². The third-order valence-electron chi connectivity index (χ3n) is 5.37. The number of nitrogens with two attached hydrogens (primary N) is 1. The Balaban J connectivity index is 1.57. The number of nitrogen functional groups attached to an aromatic ring is 1. The minimum Gasteiger partial charge on any atom is -0.398 e. The highest BCUT2D eigenvalue weighted by molar-refractivity contribution is 7.98. The zero-order chi connectivity index (χ0) is 22.9. The summed E-state index contributed by atoms with van der Waals surface area (Å²) in [6.45, 7) is 0. The zero-order valence-electron chi connectivity index (χ0n) is 17.0. The molecule has 2 aromatic heterocycles. The van der Waals surface area contributed by atoms with Crippen LogP contribution in [0.1, 0.15) is 29.7 Å². The van der Waals surface area contributed by atoms with Crippen molar-refractivity contribution >= 4 is 29.5 Å². The number of nitriles is 1. The molecular formula is C23H18F3N5S. The molecule has 0 atom stereocenters. The van der Waals surface area contributed by atoms with E-state index < -0.39 is 11.9 Å². The van der Waals surface area contributed by atoms with Gasteiger partial charge in [-0.2, -0.15) is 18.4 Å². The number of hydrogen-bond donors (Lipinski definition) is 1. The Labute approximate surface area is 187 Å². The smallest absolute Gasteiger partial charge is 0.398 e. The molecule has 0 bridgehead atoms. The van der Waals surface area contributed by atoms with Crippen LogP contribution in [0.15, 0.2) is 58.7 Å². The molecule has 1 aromatic carbocycles. The van der Waals surface area contributed by atoms with Gasteiger partial charge < -0.3 is 5.73 Å². The quantitative estimate of drug-likeness (QED) is 0.391. The van der Waals surface area contributed by atoms with Gasteiger partial charge in [0.2, 0.25) is 0 Å². The molecule has 5 nitrogen and oxygen atoms in total. The second-order valence-electron chi connectivity index (χ2n) is 7.48. The van der Waals surface area contributed by atoms with Crippen LogP contribution in [-0.4, -0.2) is 22.4 Å². The topological polar surface area (TPSA) is 88.0 Å². The Morgan fingerprint density at radius 1 is 1.12 bits per heavy atom. The highest BCUT2D eigenvalue weighted by Gasteiger charge is 2.44. The fourth-order valence-electron chi connectivity index (χ4n) is 3.29. The van der Waals surface area contributed by atoms with Crippen molar-refractivity contribution in [2.45, 2.75) is 29.3 Å². The van der Waals surface area contributed by atoms with E-state index in [1.165, 1.54) is 18.0 Å². The maximum absolute atomic E-state index is 12.7. The van der Waals surface area contributed by atoms with Crippen LogP contribution in [0.25, 0.3) is 11.1 Å². The van der Waals surface area contributed by atoms with Gasteiger partial charge in [0.1, 0.15) is 5.69 Å². The van der Waals surface area contributed by atoms with Crippen molar-refractivity contribution in [2.75, 3.05) is 12.0 Å². The molecule has 2 heterocycles. The molecule has 0 saturated heterocycles. The molecule has 0 radical (unpaired) electrons. The lowest BCUT2D eigenvalue weighted by atomic mass is 9.95. The summed E-state index contributed by atoms with van der Waals surface area (Å²) in [6.07, 6.45) is 3.21. The van der Waals surface area contributed by atoms with Gasteiger partial charge in [-0.05, 0) is 42.4 Å². The lowest BCUT2D eigenvalue weighted by Crippen LogP contribution is -2.09. The van der Waals surface area contributed by atoms with E-state index in [0.717, 1.165) is 46.7 Å². The molecule has 4 rings (SSSR count). The maximum Gasteiger partial charge on any atom is 0.433 e. The number of pyridine rings is 2. The van der Waals surface area contributed by atoms with E-state index in [4.69, 9.17) is 5.73 Å². The van der Waals surface area contributed by atoms with Gasteiger partial charge in [0.05, 0.1) is 16.4 Å². The monoisotopic (exact) mass is 453 g/mol. The first-order valence-corrected chi connectivity index (χ1v) is 10.9. The first-order valence-electron chi connectivity index (χ1n) is 9.69. The van der Waals surface area contributed by atoms with E-state index >= 15 is 0 Å².